The molecule has 1 N–H and O–H groups in total. The van der Waals surface area contributed by atoms with Gasteiger partial charge in [-0.1, -0.05) is 0 Å². The number of hydrogen-bond acceptors (Lipinski definition) is 3. The first-order chi connectivity index (χ1) is 9.84. The zero-order valence-corrected chi connectivity index (χ0v) is 12.6. The number of aromatic nitrogens is 2. The van der Waals surface area contributed by atoms with Crippen LogP contribution in [0.25, 0.3) is 5.69 Å². The van der Waals surface area contributed by atoms with Crippen molar-refractivity contribution in [2.45, 2.75) is 26.3 Å². The molecule has 1 amide bonds. The molecule has 0 atom stereocenters. The van der Waals surface area contributed by atoms with Gasteiger partial charge in [0.05, 0.1) is 19.0 Å². The Morgan fingerprint density at radius 3 is 2.33 bits per heavy atom. The first-order valence-electron chi connectivity index (χ1n) is 6.56. The molecule has 0 saturated heterocycles. The lowest BCUT2D eigenvalue weighted by Gasteiger charge is -2.32. The number of anilines is 1. The zero-order chi connectivity index (χ0) is 15.6. The second-order valence-electron chi connectivity index (χ2n) is 5.59. The van der Waals surface area contributed by atoms with Crippen molar-refractivity contribution in [2.75, 3.05) is 12.0 Å². The maximum atomic E-state index is 11.6. The van der Waals surface area contributed by atoms with Gasteiger partial charge in [-0.2, -0.15) is 5.10 Å². The molecule has 0 aliphatic heterocycles. The third-order valence-corrected chi connectivity index (χ3v) is 3.03. The predicted octanol–water partition coefficient (Wildman–Crippen LogP) is 3.16. The normalized spacial score (nSPS) is 11.2. The minimum atomic E-state index is -1.02. The van der Waals surface area contributed by atoms with E-state index in [4.69, 9.17) is 4.74 Å². The van der Waals surface area contributed by atoms with E-state index >= 15 is 0 Å². The molecule has 0 radical (unpaired) electrons. The molecule has 0 saturated carbocycles. The highest BCUT2D eigenvalue weighted by Crippen LogP contribution is 2.27. The lowest BCUT2D eigenvalue weighted by Crippen LogP contribution is -2.46. The van der Waals surface area contributed by atoms with Crippen molar-refractivity contribution in [1.29, 1.82) is 0 Å². The molecule has 0 fully saturated rings. The average molecular weight is 289 g/mol. The number of nitrogens with zero attached hydrogens (tertiary/aromatic N) is 3. The van der Waals surface area contributed by atoms with Gasteiger partial charge in [-0.25, -0.2) is 9.48 Å². The second kappa shape index (κ2) is 5.47. The predicted molar refractivity (Wildman–Crippen MR) is 80.4 cm³/mol. The van der Waals surface area contributed by atoms with Gasteiger partial charge >= 0.3 is 6.09 Å². The van der Waals surface area contributed by atoms with Crippen LogP contribution in [0.3, 0.4) is 0 Å². The maximum absolute atomic E-state index is 11.6. The standard InChI is InChI=1S/C15H19N3O3/c1-15(2,3)17(14(19)20)13-9-10-16-18(13)11-5-7-12(21-4)8-6-11/h5-10H,1-4H3,(H,19,20). The quantitative estimate of drug-likeness (QED) is 0.942. The largest absolute Gasteiger partial charge is 0.497 e. The molecule has 1 aromatic heterocycles. The first-order valence-corrected chi connectivity index (χ1v) is 6.56. The summed E-state index contributed by atoms with van der Waals surface area (Å²) in [6.07, 6.45) is 0.569. The maximum Gasteiger partial charge on any atom is 0.413 e. The summed E-state index contributed by atoms with van der Waals surface area (Å²) >= 11 is 0. The number of methoxy groups -OCH3 is 1. The molecule has 1 heterocycles. The minimum Gasteiger partial charge on any atom is -0.497 e. The lowest BCUT2D eigenvalue weighted by molar-refractivity contribution is 0.195. The smallest absolute Gasteiger partial charge is 0.413 e. The van der Waals surface area contributed by atoms with Crippen LogP contribution in [0.2, 0.25) is 0 Å². The topological polar surface area (TPSA) is 67.6 Å². The van der Waals surface area contributed by atoms with Crippen LogP contribution in [0.4, 0.5) is 10.6 Å². The van der Waals surface area contributed by atoms with Crippen LogP contribution in [0.15, 0.2) is 36.5 Å². The number of carboxylic acid groups (broad SMARTS) is 1. The van der Waals surface area contributed by atoms with E-state index in [1.807, 2.05) is 45.0 Å². The molecule has 2 rings (SSSR count). The summed E-state index contributed by atoms with van der Waals surface area (Å²) in [6.45, 7) is 5.52. The number of ether oxygens (including phenoxy) is 1. The van der Waals surface area contributed by atoms with E-state index in [-0.39, 0.29) is 0 Å². The van der Waals surface area contributed by atoms with Gasteiger partial charge in [-0.3, -0.25) is 4.90 Å². The highest BCUT2D eigenvalue weighted by molar-refractivity contribution is 5.86. The molecule has 21 heavy (non-hydrogen) atoms. The van der Waals surface area contributed by atoms with E-state index in [0.717, 1.165) is 11.4 Å². The van der Waals surface area contributed by atoms with Gasteiger partial charge < -0.3 is 9.84 Å². The van der Waals surface area contributed by atoms with Crippen LogP contribution in [0.5, 0.6) is 5.75 Å². The zero-order valence-electron chi connectivity index (χ0n) is 12.6. The summed E-state index contributed by atoms with van der Waals surface area (Å²) in [4.78, 5) is 12.9. The van der Waals surface area contributed by atoms with Gasteiger partial charge in [-0.05, 0) is 45.0 Å². The first kappa shape index (κ1) is 14.9. The molecular formula is C15H19N3O3. The van der Waals surface area contributed by atoms with E-state index in [2.05, 4.69) is 5.10 Å². The summed E-state index contributed by atoms with van der Waals surface area (Å²) in [5.41, 5.74) is 0.196. The fourth-order valence-electron chi connectivity index (χ4n) is 2.12. The Balaban J connectivity index is 2.48. The van der Waals surface area contributed by atoms with Crippen molar-refractivity contribution in [2.24, 2.45) is 0 Å². The van der Waals surface area contributed by atoms with E-state index < -0.39 is 11.6 Å². The monoisotopic (exact) mass is 289 g/mol. The van der Waals surface area contributed by atoms with Crippen LogP contribution < -0.4 is 9.64 Å². The number of hydrogen-bond donors (Lipinski definition) is 1. The van der Waals surface area contributed by atoms with Crippen molar-refractivity contribution < 1.29 is 14.6 Å². The molecule has 112 valence electrons. The fourth-order valence-corrected chi connectivity index (χ4v) is 2.12. The van der Waals surface area contributed by atoms with E-state index in [1.54, 1.807) is 24.1 Å². The van der Waals surface area contributed by atoms with Gasteiger partial charge in [0.25, 0.3) is 0 Å². The Labute approximate surface area is 123 Å². The highest BCUT2D eigenvalue weighted by Gasteiger charge is 2.30. The SMILES string of the molecule is COc1ccc(-n2nccc2N(C(=O)O)C(C)(C)C)cc1. The third kappa shape index (κ3) is 2.99. The van der Waals surface area contributed by atoms with E-state index in [1.165, 1.54) is 4.90 Å². The molecular weight excluding hydrogens is 270 g/mol. The number of carbonyl (C=O) groups is 1. The van der Waals surface area contributed by atoms with Crippen molar-refractivity contribution in [3.8, 4) is 11.4 Å². The van der Waals surface area contributed by atoms with Crippen LogP contribution in [0, 0.1) is 0 Å². The molecule has 2 aromatic rings. The molecule has 0 unspecified atom stereocenters. The summed E-state index contributed by atoms with van der Waals surface area (Å²) in [5, 5.41) is 13.7. The Kier molecular flexibility index (Phi) is 3.88. The third-order valence-electron chi connectivity index (χ3n) is 3.03. The Morgan fingerprint density at radius 1 is 1.24 bits per heavy atom. The molecule has 0 aliphatic carbocycles. The van der Waals surface area contributed by atoms with E-state index in [9.17, 15) is 9.90 Å². The van der Waals surface area contributed by atoms with Gasteiger partial charge in [0.2, 0.25) is 0 Å². The molecule has 6 heteroatoms. The van der Waals surface area contributed by atoms with Gasteiger partial charge in [0.1, 0.15) is 11.6 Å². The lowest BCUT2D eigenvalue weighted by atomic mass is 10.1. The summed E-state index contributed by atoms with van der Waals surface area (Å²) in [7, 11) is 1.60. The fraction of sp³-hybridized carbons (Fsp3) is 0.333. The average Bonchev–Trinajstić information content (AvgIpc) is 2.85. The molecule has 0 aliphatic rings. The van der Waals surface area contributed by atoms with Crippen molar-refractivity contribution in [3.63, 3.8) is 0 Å². The van der Waals surface area contributed by atoms with Gasteiger partial charge in [0.15, 0.2) is 0 Å². The summed E-state index contributed by atoms with van der Waals surface area (Å²) < 4.78 is 6.72. The molecule has 1 aromatic carbocycles. The van der Waals surface area contributed by atoms with Crippen molar-refractivity contribution in [1.82, 2.24) is 9.78 Å². The second-order valence-corrected chi connectivity index (χ2v) is 5.59. The molecule has 6 nitrogen and oxygen atoms in total. The van der Waals surface area contributed by atoms with Crippen LogP contribution in [-0.2, 0) is 0 Å². The van der Waals surface area contributed by atoms with E-state index in [0.29, 0.717) is 5.82 Å². The van der Waals surface area contributed by atoms with Gasteiger partial charge in [-0.15, -0.1) is 0 Å². The van der Waals surface area contributed by atoms with Gasteiger partial charge in [0, 0.05) is 11.6 Å². The van der Waals surface area contributed by atoms with Crippen molar-refractivity contribution in [3.05, 3.63) is 36.5 Å². The molecule has 0 spiro atoms. The summed E-state index contributed by atoms with van der Waals surface area (Å²) in [6, 6.07) is 8.96. The number of rotatable bonds is 3. The van der Waals surface area contributed by atoms with Crippen LogP contribution in [-0.4, -0.2) is 33.6 Å². The number of amides is 1. The number of benzene rings is 1. The Bertz CT molecular complexity index is 626. The summed E-state index contributed by atoms with van der Waals surface area (Å²) in [5.74, 6) is 1.23. The highest BCUT2D eigenvalue weighted by atomic mass is 16.5. The van der Waals surface area contributed by atoms with Crippen molar-refractivity contribution >= 4 is 11.9 Å². The Morgan fingerprint density at radius 2 is 1.86 bits per heavy atom. The van der Waals surface area contributed by atoms with Crippen LogP contribution in [0.1, 0.15) is 20.8 Å². The molecule has 0 bridgehead atoms. The van der Waals surface area contributed by atoms with Crippen LogP contribution >= 0.6 is 0 Å². The minimum absolute atomic E-state index is 0.500. The Hall–Kier alpha value is -2.50.